The second kappa shape index (κ2) is 5.56. The molecule has 0 unspecified atom stereocenters. The number of halogens is 1. The summed E-state index contributed by atoms with van der Waals surface area (Å²) in [5, 5.41) is 0.360. The second-order valence-electron chi connectivity index (χ2n) is 3.70. The number of carbonyl (C=O) groups is 1. The van der Waals surface area contributed by atoms with Gasteiger partial charge in [0, 0.05) is 0 Å². The van der Waals surface area contributed by atoms with Crippen LogP contribution in [0.2, 0.25) is 5.02 Å². The highest BCUT2D eigenvalue weighted by molar-refractivity contribution is 6.32. The molecule has 0 aromatic heterocycles. The maximum atomic E-state index is 11.5. The Morgan fingerprint density at radius 1 is 1.00 bits per heavy atom. The van der Waals surface area contributed by atoms with E-state index in [9.17, 15) is 4.79 Å². The molecule has 0 N–H and O–H groups in total. The summed E-state index contributed by atoms with van der Waals surface area (Å²) in [6.07, 6.45) is -0.813. The van der Waals surface area contributed by atoms with Crippen LogP contribution in [-0.4, -0.2) is 6.16 Å². The van der Waals surface area contributed by atoms with Crippen LogP contribution in [0.25, 0.3) is 0 Å². The number of carbonyl (C=O) groups excluding carboxylic acids is 1. The van der Waals surface area contributed by atoms with E-state index in [2.05, 4.69) is 0 Å². The van der Waals surface area contributed by atoms with Gasteiger partial charge in [0.15, 0.2) is 5.75 Å². The average molecular weight is 263 g/mol. The number of rotatable bonds is 2. The summed E-state index contributed by atoms with van der Waals surface area (Å²) in [5.41, 5.74) is 1.09. The summed E-state index contributed by atoms with van der Waals surface area (Å²) in [6.45, 7) is 1.95. The summed E-state index contributed by atoms with van der Waals surface area (Å²) in [7, 11) is 0. The Morgan fingerprint density at radius 3 is 2.33 bits per heavy atom. The van der Waals surface area contributed by atoms with Gasteiger partial charge in [0.25, 0.3) is 0 Å². The Hall–Kier alpha value is -2.00. The fraction of sp³-hybridized carbons (Fsp3) is 0.0714. The molecule has 0 spiro atoms. The van der Waals surface area contributed by atoms with E-state index in [0.29, 0.717) is 10.8 Å². The molecule has 0 atom stereocenters. The zero-order chi connectivity index (χ0) is 13.0. The van der Waals surface area contributed by atoms with Crippen molar-refractivity contribution < 1.29 is 14.3 Å². The molecule has 0 radical (unpaired) electrons. The average Bonchev–Trinajstić information content (AvgIpc) is 2.35. The molecule has 0 aliphatic rings. The topological polar surface area (TPSA) is 35.5 Å². The van der Waals surface area contributed by atoms with Gasteiger partial charge in [-0.05, 0) is 31.2 Å². The van der Waals surface area contributed by atoms with Gasteiger partial charge in [0.05, 0.1) is 5.02 Å². The zero-order valence-electron chi connectivity index (χ0n) is 9.72. The minimum Gasteiger partial charge on any atom is -0.395 e. The minimum atomic E-state index is -0.813. The third kappa shape index (κ3) is 3.25. The fourth-order valence-corrected chi connectivity index (χ4v) is 1.51. The van der Waals surface area contributed by atoms with E-state index in [-0.39, 0.29) is 5.75 Å². The van der Waals surface area contributed by atoms with Gasteiger partial charge in [-0.2, -0.15) is 0 Å². The van der Waals surface area contributed by atoms with Gasteiger partial charge in [-0.15, -0.1) is 0 Å². The normalized spacial score (nSPS) is 9.89. The van der Waals surface area contributed by atoms with Gasteiger partial charge < -0.3 is 9.47 Å². The highest BCUT2D eigenvalue weighted by Gasteiger charge is 2.09. The highest BCUT2D eigenvalue weighted by Crippen LogP contribution is 2.23. The predicted octanol–water partition coefficient (Wildman–Crippen LogP) is 4.23. The second-order valence-corrected chi connectivity index (χ2v) is 4.10. The van der Waals surface area contributed by atoms with Crippen LogP contribution in [0.4, 0.5) is 4.79 Å². The SMILES string of the molecule is Cc1ccc(OC(=O)Oc2ccccc2Cl)cc1. The number of hydrogen-bond donors (Lipinski definition) is 0. The van der Waals surface area contributed by atoms with Crippen molar-refractivity contribution in [3.8, 4) is 11.5 Å². The van der Waals surface area contributed by atoms with Crippen molar-refractivity contribution in [1.82, 2.24) is 0 Å². The first kappa shape index (κ1) is 12.5. The monoisotopic (exact) mass is 262 g/mol. The molecular weight excluding hydrogens is 252 g/mol. The van der Waals surface area contributed by atoms with Crippen molar-refractivity contribution in [3.05, 3.63) is 59.1 Å². The van der Waals surface area contributed by atoms with Crippen molar-refractivity contribution in [2.45, 2.75) is 6.92 Å². The molecule has 0 saturated heterocycles. The molecule has 0 saturated carbocycles. The van der Waals surface area contributed by atoms with E-state index < -0.39 is 6.16 Å². The van der Waals surface area contributed by atoms with E-state index in [0.717, 1.165) is 5.56 Å². The standard InChI is InChI=1S/C14H11ClO3/c1-10-6-8-11(9-7-10)17-14(16)18-13-5-3-2-4-12(13)15/h2-9H,1H3. The summed E-state index contributed by atoms with van der Waals surface area (Å²) >= 11 is 5.86. The number of benzene rings is 2. The van der Waals surface area contributed by atoms with Crippen molar-refractivity contribution in [3.63, 3.8) is 0 Å². The van der Waals surface area contributed by atoms with Crippen molar-refractivity contribution in [2.24, 2.45) is 0 Å². The van der Waals surface area contributed by atoms with E-state index >= 15 is 0 Å². The quantitative estimate of drug-likeness (QED) is 0.600. The van der Waals surface area contributed by atoms with Crippen molar-refractivity contribution in [2.75, 3.05) is 0 Å². The maximum Gasteiger partial charge on any atom is 0.519 e. The lowest BCUT2D eigenvalue weighted by molar-refractivity contribution is 0.152. The summed E-state index contributed by atoms with van der Waals surface area (Å²) in [4.78, 5) is 11.5. The van der Waals surface area contributed by atoms with Crippen LogP contribution in [0, 0.1) is 6.92 Å². The molecule has 0 aliphatic carbocycles. The van der Waals surface area contributed by atoms with E-state index in [1.807, 2.05) is 19.1 Å². The van der Waals surface area contributed by atoms with Gasteiger partial charge in [-0.1, -0.05) is 41.4 Å². The lowest BCUT2D eigenvalue weighted by atomic mass is 10.2. The number of aryl methyl sites for hydroxylation is 1. The third-order valence-corrected chi connectivity index (χ3v) is 2.56. The number of ether oxygens (including phenoxy) is 2. The molecule has 2 rings (SSSR count). The Kier molecular flexibility index (Phi) is 3.85. The Labute approximate surface area is 110 Å². The predicted molar refractivity (Wildman–Crippen MR) is 69.3 cm³/mol. The molecule has 0 fully saturated rings. The summed E-state index contributed by atoms with van der Waals surface area (Å²) in [6, 6.07) is 13.8. The van der Waals surface area contributed by atoms with Crippen LogP contribution < -0.4 is 9.47 Å². The number of hydrogen-bond acceptors (Lipinski definition) is 3. The van der Waals surface area contributed by atoms with Crippen LogP contribution >= 0.6 is 11.6 Å². The largest absolute Gasteiger partial charge is 0.519 e. The van der Waals surface area contributed by atoms with Crippen molar-refractivity contribution in [1.29, 1.82) is 0 Å². The fourth-order valence-electron chi connectivity index (χ4n) is 1.34. The molecular formula is C14H11ClO3. The first-order valence-corrected chi connectivity index (χ1v) is 5.74. The van der Waals surface area contributed by atoms with Crippen LogP contribution in [-0.2, 0) is 0 Å². The van der Waals surface area contributed by atoms with Gasteiger partial charge in [-0.3, -0.25) is 0 Å². The summed E-state index contributed by atoms with van der Waals surface area (Å²) in [5.74, 6) is 0.703. The summed E-state index contributed by atoms with van der Waals surface area (Å²) < 4.78 is 9.99. The molecule has 0 heterocycles. The Bertz CT molecular complexity index is 549. The first-order chi connectivity index (χ1) is 8.65. The molecule has 2 aromatic rings. The Morgan fingerprint density at radius 2 is 1.67 bits per heavy atom. The molecule has 2 aromatic carbocycles. The van der Waals surface area contributed by atoms with Gasteiger partial charge >= 0.3 is 6.16 Å². The number of para-hydroxylation sites is 1. The van der Waals surface area contributed by atoms with Gasteiger partial charge in [0.1, 0.15) is 5.75 Å². The van der Waals surface area contributed by atoms with E-state index in [4.69, 9.17) is 21.1 Å². The molecule has 18 heavy (non-hydrogen) atoms. The molecule has 4 heteroatoms. The van der Waals surface area contributed by atoms with Gasteiger partial charge in [-0.25, -0.2) is 4.79 Å². The Balaban J connectivity index is 2.01. The molecule has 0 aliphatic heterocycles. The molecule has 3 nitrogen and oxygen atoms in total. The third-order valence-electron chi connectivity index (χ3n) is 2.25. The lowest BCUT2D eigenvalue weighted by Crippen LogP contribution is -2.13. The molecule has 0 amide bonds. The van der Waals surface area contributed by atoms with Crippen LogP contribution in [0.5, 0.6) is 11.5 Å². The van der Waals surface area contributed by atoms with Crippen LogP contribution in [0.15, 0.2) is 48.5 Å². The van der Waals surface area contributed by atoms with E-state index in [1.54, 1.807) is 36.4 Å². The smallest absolute Gasteiger partial charge is 0.395 e. The zero-order valence-corrected chi connectivity index (χ0v) is 10.5. The highest BCUT2D eigenvalue weighted by atomic mass is 35.5. The van der Waals surface area contributed by atoms with Crippen LogP contribution in [0.3, 0.4) is 0 Å². The lowest BCUT2D eigenvalue weighted by Gasteiger charge is -2.06. The van der Waals surface area contributed by atoms with Crippen LogP contribution in [0.1, 0.15) is 5.56 Å². The minimum absolute atomic E-state index is 0.274. The molecule has 92 valence electrons. The van der Waals surface area contributed by atoms with Gasteiger partial charge in [0.2, 0.25) is 0 Å². The molecule has 0 bridgehead atoms. The van der Waals surface area contributed by atoms with Crippen molar-refractivity contribution >= 4 is 17.8 Å². The first-order valence-electron chi connectivity index (χ1n) is 5.36. The maximum absolute atomic E-state index is 11.5. The van der Waals surface area contributed by atoms with E-state index in [1.165, 1.54) is 0 Å².